The predicted molar refractivity (Wildman–Crippen MR) is 132 cm³/mol. The van der Waals surface area contributed by atoms with Gasteiger partial charge >= 0.3 is 6.18 Å². The van der Waals surface area contributed by atoms with E-state index in [2.05, 4.69) is 5.32 Å². The van der Waals surface area contributed by atoms with Gasteiger partial charge in [-0.05, 0) is 61.4 Å². The van der Waals surface area contributed by atoms with Crippen molar-refractivity contribution in [2.45, 2.75) is 20.0 Å². The Morgan fingerprint density at radius 2 is 1.86 bits per heavy atom. The lowest BCUT2D eigenvalue weighted by Crippen LogP contribution is -2.11. The molecule has 1 aromatic heterocycles. The Morgan fingerprint density at radius 3 is 2.54 bits per heavy atom. The predicted octanol–water partition coefficient (Wildman–Crippen LogP) is 8.21. The Kier molecular flexibility index (Phi) is 6.89. The SMILES string of the molecule is CCOc1cc2occ(-c3ccc(Cl)cc3)c2cc1/C(C)=C/C(=O)Nc1cccc(C(F)(F)F)c1. The average molecular weight is 500 g/mol. The van der Waals surface area contributed by atoms with Crippen LogP contribution in [0.25, 0.3) is 27.7 Å². The van der Waals surface area contributed by atoms with Crippen molar-refractivity contribution < 1.29 is 27.1 Å². The molecule has 0 bridgehead atoms. The highest BCUT2D eigenvalue weighted by Gasteiger charge is 2.30. The third-order valence-electron chi connectivity index (χ3n) is 5.36. The zero-order chi connectivity index (χ0) is 25.2. The fourth-order valence-electron chi connectivity index (χ4n) is 3.72. The molecule has 35 heavy (non-hydrogen) atoms. The van der Waals surface area contributed by atoms with E-state index in [0.29, 0.717) is 34.1 Å². The van der Waals surface area contributed by atoms with E-state index in [1.165, 1.54) is 18.2 Å². The number of anilines is 1. The Morgan fingerprint density at radius 1 is 1.11 bits per heavy atom. The van der Waals surface area contributed by atoms with Crippen LogP contribution < -0.4 is 10.1 Å². The number of hydrogen-bond donors (Lipinski definition) is 1. The van der Waals surface area contributed by atoms with Crippen molar-refractivity contribution in [3.05, 3.63) is 89.2 Å². The highest BCUT2D eigenvalue weighted by molar-refractivity contribution is 6.30. The number of ether oxygens (including phenoxy) is 1. The largest absolute Gasteiger partial charge is 0.493 e. The van der Waals surface area contributed by atoms with E-state index in [0.717, 1.165) is 28.6 Å². The summed E-state index contributed by atoms with van der Waals surface area (Å²) in [7, 11) is 0. The topological polar surface area (TPSA) is 51.5 Å². The maximum absolute atomic E-state index is 13.0. The molecule has 0 aliphatic carbocycles. The summed E-state index contributed by atoms with van der Waals surface area (Å²) in [5, 5.41) is 3.93. The van der Waals surface area contributed by atoms with E-state index < -0.39 is 17.6 Å². The maximum Gasteiger partial charge on any atom is 0.416 e. The summed E-state index contributed by atoms with van der Waals surface area (Å²) < 4.78 is 50.5. The van der Waals surface area contributed by atoms with Crippen LogP contribution in [-0.2, 0) is 11.0 Å². The van der Waals surface area contributed by atoms with Gasteiger partial charge in [-0.25, -0.2) is 0 Å². The summed E-state index contributed by atoms with van der Waals surface area (Å²) in [4.78, 5) is 12.6. The molecule has 0 fully saturated rings. The molecule has 180 valence electrons. The van der Waals surface area contributed by atoms with E-state index in [4.69, 9.17) is 20.8 Å². The fourth-order valence-corrected chi connectivity index (χ4v) is 3.84. The molecule has 1 heterocycles. The molecular formula is C27H21ClF3NO3. The first-order valence-electron chi connectivity index (χ1n) is 10.8. The molecule has 0 saturated heterocycles. The van der Waals surface area contributed by atoms with Crippen molar-refractivity contribution in [3.8, 4) is 16.9 Å². The molecule has 4 nitrogen and oxygen atoms in total. The van der Waals surface area contributed by atoms with Crippen molar-refractivity contribution in [3.63, 3.8) is 0 Å². The molecule has 3 aromatic carbocycles. The molecule has 0 saturated carbocycles. The molecule has 0 unspecified atom stereocenters. The fraction of sp³-hybridized carbons (Fsp3) is 0.148. The van der Waals surface area contributed by atoms with Gasteiger partial charge in [0.15, 0.2) is 0 Å². The number of alkyl halides is 3. The maximum atomic E-state index is 13.0. The van der Waals surface area contributed by atoms with E-state index in [-0.39, 0.29) is 5.69 Å². The molecule has 4 aromatic rings. The van der Waals surface area contributed by atoms with Gasteiger partial charge in [-0.2, -0.15) is 13.2 Å². The van der Waals surface area contributed by atoms with Gasteiger partial charge < -0.3 is 14.5 Å². The number of furan rings is 1. The quantitative estimate of drug-likeness (QED) is 0.272. The van der Waals surface area contributed by atoms with Crippen LogP contribution in [-0.4, -0.2) is 12.5 Å². The number of allylic oxidation sites excluding steroid dienone is 1. The molecular weight excluding hydrogens is 479 g/mol. The second-order valence-corrected chi connectivity index (χ2v) is 8.27. The highest BCUT2D eigenvalue weighted by Crippen LogP contribution is 2.38. The lowest BCUT2D eigenvalue weighted by molar-refractivity contribution is -0.137. The van der Waals surface area contributed by atoms with Crippen LogP contribution in [0.1, 0.15) is 25.0 Å². The Labute approximate surface area is 205 Å². The number of rotatable bonds is 6. The first-order valence-corrected chi connectivity index (χ1v) is 11.1. The smallest absolute Gasteiger partial charge is 0.416 e. The zero-order valence-electron chi connectivity index (χ0n) is 18.9. The standard InChI is InChI=1S/C27H21ClF3NO3/c1-3-34-24-14-25-22(23(15-35-25)17-7-9-19(28)10-8-17)13-21(24)16(2)11-26(33)32-20-6-4-5-18(12-20)27(29,30)31/h4-15H,3H2,1-2H3,(H,32,33)/b16-11+. The van der Waals surface area contributed by atoms with Crippen molar-refractivity contribution in [2.75, 3.05) is 11.9 Å². The van der Waals surface area contributed by atoms with Crippen LogP contribution >= 0.6 is 11.6 Å². The van der Waals surface area contributed by atoms with Gasteiger partial charge in [0.05, 0.1) is 18.4 Å². The van der Waals surface area contributed by atoms with E-state index >= 15 is 0 Å². The van der Waals surface area contributed by atoms with Crippen molar-refractivity contribution in [1.29, 1.82) is 0 Å². The molecule has 0 aliphatic heterocycles. The van der Waals surface area contributed by atoms with Crippen molar-refractivity contribution in [2.24, 2.45) is 0 Å². The van der Waals surface area contributed by atoms with Crippen LogP contribution in [0.4, 0.5) is 18.9 Å². The number of fused-ring (bicyclic) bond motifs is 1. The van der Waals surface area contributed by atoms with Gasteiger partial charge in [0.2, 0.25) is 5.91 Å². The van der Waals surface area contributed by atoms with Crippen LogP contribution in [0.5, 0.6) is 5.75 Å². The lowest BCUT2D eigenvalue weighted by Gasteiger charge is -2.12. The summed E-state index contributed by atoms with van der Waals surface area (Å²) >= 11 is 6.01. The number of nitrogens with one attached hydrogen (secondary N) is 1. The summed E-state index contributed by atoms with van der Waals surface area (Å²) in [5.41, 5.74) is 2.82. The molecule has 0 atom stereocenters. The normalized spacial score (nSPS) is 12.1. The molecule has 0 aliphatic rings. The Hall–Kier alpha value is -3.71. The van der Waals surface area contributed by atoms with Gasteiger partial charge in [-0.1, -0.05) is 29.8 Å². The average Bonchev–Trinajstić information content (AvgIpc) is 3.21. The Balaban J connectivity index is 1.69. The second-order valence-electron chi connectivity index (χ2n) is 7.83. The van der Waals surface area contributed by atoms with Gasteiger partial charge in [-0.15, -0.1) is 0 Å². The zero-order valence-corrected chi connectivity index (χ0v) is 19.6. The molecule has 1 N–H and O–H groups in total. The van der Waals surface area contributed by atoms with E-state index in [9.17, 15) is 18.0 Å². The molecule has 0 spiro atoms. The van der Waals surface area contributed by atoms with Crippen LogP contribution in [0.2, 0.25) is 5.02 Å². The van der Waals surface area contributed by atoms with Gasteiger partial charge in [0.25, 0.3) is 0 Å². The van der Waals surface area contributed by atoms with Crippen molar-refractivity contribution in [1.82, 2.24) is 0 Å². The monoisotopic (exact) mass is 499 g/mol. The summed E-state index contributed by atoms with van der Waals surface area (Å²) in [6.07, 6.45) is -1.53. The number of amides is 1. The number of hydrogen-bond acceptors (Lipinski definition) is 3. The minimum Gasteiger partial charge on any atom is -0.493 e. The minimum atomic E-state index is -4.50. The summed E-state index contributed by atoms with van der Waals surface area (Å²) in [6, 6.07) is 15.5. The van der Waals surface area contributed by atoms with Gasteiger partial charge in [-0.3, -0.25) is 4.79 Å². The molecule has 1 amide bonds. The first kappa shape index (κ1) is 24.4. The Bertz CT molecular complexity index is 1410. The van der Waals surface area contributed by atoms with Crippen LogP contribution in [0.3, 0.4) is 0 Å². The number of halogens is 4. The molecule has 0 radical (unpaired) electrons. The van der Waals surface area contributed by atoms with E-state index in [1.807, 2.05) is 25.1 Å². The van der Waals surface area contributed by atoms with Crippen LogP contribution in [0.15, 0.2) is 77.4 Å². The molecule has 4 rings (SSSR count). The van der Waals surface area contributed by atoms with Gasteiger partial charge in [0, 0.05) is 39.4 Å². The van der Waals surface area contributed by atoms with Crippen LogP contribution in [0, 0.1) is 0 Å². The third kappa shape index (κ3) is 5.52. The first-order chi connectivity index (χ1) is 16.7. The number of benzene rings is 3. The second kappa shape index (κ2) is 9.88. The van der Waals surface area contributed by atoms with E-state index in [1.54, 1.807) is 31.4 Å². The molecule has 8 heteroatoms. The third-order valence-corrected chi connectivity index (χ3v) is 5.61. The minimum absolute atomic E-state index is 0.0502. The number of carbonyl (C=O) groups is 1. The summed E-state index contributed by atoms with van der Waals surface area (Å²) in [6.45, 7) is 3.97. The lowest BCUT2D eigenvalue weighted by atomic mass is 9.99. The highest BCUT2D eigenvalue weighted by atomic mass is 35.5. The van der Waals surface area contributed by atoms with Crippen molar-refractivity contribution >= 4 is 39.7 Å². The number of carbonyl (C=O) groups excluding carboxylic acids is 1. The van der Waals surface area contributed by atoms with Gasteiger partial charge in [0.1, 0.15) is 11.3 Å². The summed E-state index contributed by atoms with van der Waals surface area (Å²) in [5.74, 6) is -0.0351.